The molecule has 1 aliphatic rings. The van der Waals surface area contributed by atoms with Crippen LogP contribution in [0.4, 0.5) is 0 Å². The predicted molar refractivity (Wildman–Crippen MR) is 143 cm³/mol. The van der Waals surface area contributed by atoms with Crippen molar-refractivity contribution in [2.45, 2.75) is 96.2 Å². The Balaban J connectivity index is 2.33. The van der Waals surface area contributed by atoms with E-state index in [-0.39, 0.29) is 16.0 Å². The Kier molecular flexibility index (Phi) is 8.06. The van der Waals surface area contributed by atoms with E-state index in [2.05, 4.69) is 89.7 Å². The third-order valence-electron chi connectivity index (χ3n) is 8.23. The summed E-state index contributed by atoms with van der Waals surface area (Å²) in [4.78, 5) is 15.2. The lowest BCUT2D eigenvalue weighted by atomic mass is 9.84. The van der Waals surface area contributed by atoms with Gasteiger partial charge in [0.15, 0.2) is 16.6 Å². The number of carbonyl (C=O) groups excluding carboxylic acids is 1. The van der Waals surface area contributed by atoms with Gasteiger partial charge >= 0.3 is 0 Å². The van der Waals surface area contributed by atoms with Gasteiger partial charge in [-0.1, -0.05) is 63.5 Å². The molecule has 1 amide bonds. The number of hydrogen-bond donors (Lipinski definition) is 0. The molecule has 7 heteroatoms. The second-order valence-electron chi connectivity index (χ2n) is 12.3. The highest BCUT2D eigenvalue weighted by atomic mass is 79.9. The van der Waals surface area contributed by atoms with Crippen molar-refractivity contribution in [2.24, 2.45) is 0 Å². The minimum Gasteiger partial charge on any atom is -0.417 e. The summed E-state index contributed by atoms with van der Waals surface area (Å²) in [5.74, 6) is 0.0842. The fourth-order valence-corrected chi connectivity index (χ4v) is 6.22. The van der Waals surface area contributed by atoms with Crippen molar-refractivity contribution in [1.29, 1.82) is 0 Å². The minimum atomic E-state index is -1.87. The summed E-state index contributed by atoms with van der Waals surface area (Å²) < 4.78 is 14.1. The number of nitrogens with zero attached hydrogens (tertiary/aromatic N) is 1. The number of hydrogen-bond acceptors (Lipinski definition) is 3. The third-order valence-corrected chi connectivity index (χ3v) is 17.8. The molecule has 4 nitrogen and oxygen atoms in total. The molecule has 0 fully saturated rings. The predicted octanol–water partition coefficient (Wildman–Crippen LogP) is 7.55. The average Bonchev–Trinajstić information content (AvgIpc) is 2.82. The Morgan fingerprint density at radius 2 is 1.34 bits per heavy atom. The largest absolute Gasteiger partial charge is 0.417 e. The van der Waals surface area contributed by atoms with Gasteiger partial charge in [-0.25, -0.2) is 0 Å². The molecule has 0 unspecified atom stereocenters. The fraction of sp³-hybridized carbons (Fsp3) is 0.720. The first-order valence-corrected chi connectivity index (χ1v) is 18.3. The Morgan fingerprint density at radius 3 is 1.75 bits per heavy atom. The highest BCUT2D eigenvalue weighted by molar-refractivity contribution is 9.10. The molecule has 1 aliphatic heterocycles. The summed E-state index contributed by atoms with van der Waals surface area (Å²) >= 11 is 3.54. The van der Waals surface area contributed by atoms with Crippen LogP contribution in [0.1, 0.15) is 70.3 Å². The number of fused-ring (bicyclic) bond motifs is 1. The van der Waals surface area contributed by atoms with Crippen molar-refractivity contribution < 1.29 is 13.6 Å². The number of benzene rings is 1. The summed E-state index contributed by atoms with van der Waals surface area (Å²) in [6, 6.07) is 6.11. The summed E-state index contributed by atoms with van der Waals surface area (Å²) in [6.45, 7) is 24.0. The maximum atomic E-state index is 13.2. The van der Waals surface area contributed by atoms with Crippen LogP contribution in [0.3, 0.4) is 0 Å². The van der Waals surface area contributed by atoms with Gasteiger partial charge in [0, 0.05) is 30.3 Å². The molecule has 32 heavy (non-hydrogen) atoms. The van der Waals surface area contributed by atoms with Gasteiger partial charge < -0.3 is 13.8 Å². The molecule has 1 aromatic carbocycles. The molecule has 0 saturated carbocycles. The molecule has 0 bridgehead atoms. The van der Waals surface area contributed by atoms with Crippen LogP contribution in [-0.4, -0.2) is 47.7 Å². The van der Waals surface area contributed by atoms with E-state index >= 15 is 0 Å². The summed E-state index contributed by atoms with van der Waals surface area (Å²) in [5, 5.41) is 0.317. The van der Waals surface area contributed by atoms with Crippen molar-refractivity contribution in [3.05, 3.63) is 33.8 Å². The average molecular weight is 543 g/mol. The van der Waals surface area contributed by atoms with Crippen molar-refractivity contribution in [3.8, 4) is 0 Å². The molecular weight excluding hydrogens is 498 g/mol. The Bertz CT molecular complexity index is 809. The fourth-order valence-electron chi connectivity index (χ4n) is 3.77. The smallest absolute Gasteiger partial charge is 0.254 e. The quantitative estimate of drug-likeness (QED) is 0.318. The zero-order valence-electron chi connectivity index (χ0n) is 22.1. The van der Waals surface area contributed by atoms with Crippen molar-refractivity contribution in [3.63, 3.8) is 0 Å². The Labute approximate surface area is 206 Å². The van der Waals surface area contributed by atoms with E-state index in [9.17, 15) is 4.79 Å². The topological polar surface area (TPSA) is 38.8 Å². The van der Waals surface area contributed by atoms with Crippen molar-refractivity contribution >= 4 is 38.5 Å². The van der Waals surface area contributed by atoms with Crippen molar-refractivity contribution in [2.75, 3.05) is 20.3 Å². The second-order valence-corrected chi connectivity index (χ2v) is 22.8. The normalized spacial score (nSPS) is 17.1. The number of amides is 1. The third kappa shape index (κ3) is 5.43. The van der Waals surface area contributed by atoms with E-state index in [1.54, 1.807) is 0 Å². The first kappa shape index (κ1) is 27.8. The zero-order chi connectivity index (χ0) is 24.8. The van der Waals surface area contributed by atoms with Gasteiger partial charge in [-0.05, 0) is 66.8 Å². The summed E-state index contributed by atoms with van der Waals surface area (Å²) in [5.41, 5.74) is 1.49. The van der Waals surface area contributed by atoms with E-state index in [1.165, 1.54) is 0 Å². The zero-order valence-corrected chi connectivity index (χ0v) is 25.7. The highest BCUT2D eigenvalue weighted by Crippen LogP contribution is 2.46. The Hall–Kier alpha value is -0.476. The molecule has 0 radical (unpaired) electrons. The van der Waals surface area contributed by atoms with E-state index in [0.29, 0.717) is 13.2 Å². The van der Waals surface area contributed by atoms with Crippen LogP contribution in [0.2, 0.25) is 36.3 Å². The van der Waals surface area contributed by atoms with Gasteiger partial charge in [-0.15, -0.1) is 0 Å². The number of carbonyl (C=O) groups is 1. The van der Waals surface area contributed by atoms with Crippen LogP contribution >= 0.6 is 15.9 Å². The van der Waals surface area contributed by atoms with E-state index < -0.39 is 22.2 Å². The molecular formula is C25H44BrNO3Si2. The lowest BCUT2D eigenvalue weighted by Gasteiger charge is -2.42. The van der Waals surface area contributed by atoms with Gasteiger partial charge in [-0.3, -0.25) is 4.79 Å². The van der Waals surface area contributed by atoms with Crippen LogP contribution in [-0.2, 0) is 14.4 Å². The number of halogens is 1. The molecule has 0 aromatic heterocycles. The highest BCUT2D eigenvalue weighted by Gasteiger charge is 2.48. The molecule has 0 atom stereocenters. The first-order chi connectivity index (χ1) is 14.4. The van der Waals surface area contributed by atoms with Gasteiger partial charge in [0.1, 0.15) is 0 Å². The van der Waals surface area contributed by atoms with Crippen LogP contribution in [0.15, 0.2) is 22.7 Å². The molecule has 182 valence electrons. The molecule has 0 spiro atoms. The van der Waals surface area contributed by atoms with Gasteiger partial charge in [-0.2, -0.15) is 0 Å². The molecule has 0 saturated heterocycles. The molecule has 1 aromatic rings. The Morgan fingerprint density at radius 1 is 0.906 bits per heavy atom. The molecule has 0 N–H and O–H groups in total. The van der Waals surface area contributed by atoms with Crippen LogP contribution in [0.5, 0.6) is 0 Å². The standard InChI is InChI=1S/C25H44BrNO3Si2/c1-23(2,3)31(8,9)29-16-14-25(15-17-30-32(10,11)24(4,5)6)21-13-12-19(26)18-20(21)22(28)27(25)7/h12-13,18H,14-17H2,1-11H3. The number of rotatable bonds is 8. The molecule has 0 aliphatic carbocycles. The first-order valence-electron chi connectivity index (χ1n) is 11.7. The van der Waals surface area contributed by atoms with E-state index in [4.69, 9.17) is 8.85 Å². The van der Waals surface area contributed by atoms with Gasteiger partial charge in [0.05, 0.1) is 5.54 Å². The van der Waals surface area contributed by atoms with Crippen LogP contribution < -0.4 is 0 Å². The van der Waals surface area contributed by atoms with Crippen LogP contribution in [0, 0.1) is 0 Å². The van der Waals surface area contributed by atoms with Crippen molar-refractivity contribution in [1.82, 2.24) is 4.90 Å². The molecule has 1 heterocycles. The van der Waals surface area contributed by atoms with E-state index in [0.717, 1.165) is 28.4 Å². The maximum absolute atomic E-state index is 13.2. The monoisotopic (exact) mass is 541 g/mol. The van der Waals surface area contributed by atoms with E-state index in [1.807, 2.05) is 24.1 Å². The van der Waals surface area contributed by atoms with Gasteiger partial charge in [0.25, 0.3) is 5.91 Å². The van der Waals surface area contributed by atoms with Gasteiger partial charge in [0.2, 0.25) is 0 Å². The van der Waals surface area contributed by atoms with Crippen LogP contribution in [0.25, 0.3) is 0 Å². The molecule has 2 rings (SSSR count). The summed E-state index contributed by atoms with van der Waals surface area (Å²) in [6.07, 6.45) is 1.55. The minimum absolute atomic E-state index is 0.0842. The lowest BCUT2D eigenvalue weighted by Crippen LogP contribution is -2.47. The lowest BCUT2D eigenvalue weighted by molar-refractivity contribution is 0.0487. The summed E-state index contributed by atoms with van der Waals surface area (Å²) in [7, 11) is -1.80. The maximum Gasteiger partial charge on any atom is 0.254 e. The SMILES string of the molecule is CN1C(=O)c2cc(Br)ccc2C1(CCO[Si](C)(C)C(C)(C)C)CCO[Si](C)(C)C(C)(C)C. The second kappa shape index (κ2) is 9.29.